The van der Waals surface area contributed by atoms with Crippen LogP contribution in [0, 0.1) is 6.92 Å². The molecule has 0 atom stereocenters. The van der Waals surface area contributed by atoms with Crippen molar-refractivity contribution in [1.29, 1.82) is 0 Å². The lowest BCUT2D eigenvalue weighted by Gasteiger charge is -2.08. The highest BCUT2D eigenvalue weighted by Crippen LogP contribution is 2.47. The van der Waals surface area contributed by atoms with Crippen molar-refractivity contribution in [3.63, 3.8) is 0 Å². The molecule has 4 N–H and O–H groups in total. The highest BCUT2D eigenvalue weighted by molar-refractivity contribution is 9.10. The van der Waals surface area contributed by atoms with Crippen LogP contribution in [0.1, 0.15) is 47.7 Å². The Kier molecular flexibility index (Phi) is 5.87. The van der Waals surface area contributed by atoms with Crippen LogP contribution >= 0.6 is 15.9 Å². The third kappa shape index (κ3) is 4.72. The maximum atomic E-state index is 13.1. The van der Waals surface area contributed by atoms with Gasteiger partial charge in [-0.05, 0) is 47.3 Å². The standard InChI is InChI=1S/C18H19BrF3N5O2/c1-9-11(3-2-4-12(9)23)17(24)26-29-13(28)7-8-27-15(10-5-6-10)14(19)16(25-27)18(20,21)22/h2-4,10H,5-8,23H2,1H3,(H2,24,26). The maximum Gasteiger partial charge on any atom is 0.436 e. The van der Waals surface area contributed by atoms with Crippen LogP contribution in [0.3, 0.4) is 0 Å². The van der Waals surface area contributed by atoms with E-state index >= 15 is 0 Å². The van der Waals surface area contributed by atoms with Gasteiger partial charge in [-0.2, -0.15) is 18.3 Å². The van der Waals surface area contributed by atoms with E-state index in [0.717, 1.165) is 12.8 Å². The summed E-state index contributed by atoms with van der Waals surface area (Å²) >= 11 is 3.01. The number of alkyl halides is 3. The molecule has 1 aromatic carbocycles. The molecule has 1 heterocycles. The van der Waals surface area contributed by atoms with Crippen LogP contribution in [-0.4, -0.2) is 21.6 Å². The minimum Gasteiger partial charge on any atom is -0.398 e. The van der Waals surface area contributed by atoms with Crippen LogP contribution in [0.2, 0.25) is 0 Å². The zero-order valence-electron chi connectivity index (χ0n) is 15.5. The predicted molar refractivity (Wildman–Crippen MR) is 104 cm³/mol. The van der Waals surface area contributed by atoms with Crippen LogP contribution in [0.25, 0.3) is 0 Å². The number of nitrogens with zero attached hydrogens (tertiary/aromatic N) is 3. The Balaban J connectivity index is 1.67. The maximum absolute atomic E-state index is 13.1. The molecule has 1 aliphatic carbocycles. The van der Waals surface area contributed by atoms with Gasteiger partial charge in [-0.3, -0.25) is 4.68 Å². The van der Waals surface area contributed by atoms with Gasteiger partial charge in [0.1, 0.15) is 0 Å². The summed E-state index contributed by atoms with van der Waals surface area (Å²) in [5, 5.41) is 7.25. The number of halogens is 4. The Labute approximate surface area is 173 Å². The molecule has 1 saturated carbocycles. The van der Waals surface area contributed by atoms with Gasteiger partial charge in [0.15, 0.2) is 11.5 Å². The summed E-state index contributed by atoms with van der Waals surface area (Å²) in [7, 11) is 0. The number of anilines is 1. The number of nitrogen functional groups attached to an aromatic ring is 1. The first-order chi connectivity index (χ1) is 13.6. The quantitative estimate of drug-likeness (QED) is 0.218. The van der Waals surface area contributed by atoms with Gasteiger partial charge in [-0.1, -0.05) is 17.3 Å². The molecular formula is C18H19BrF3N5O2. The number of carbonyl (C=O) groups excluding carboxylic acids is 1. The minimum atomic E-state index is -4.58. The number of nitrogens with two attached hydrogens (primary N) is 2. The van der Waals surface area contributed by atoms with Crippen LogP contribution in [0.15, 0.2) is 27.8 Å². The number of benzene rings is 1. The number of oxime groups is 1. The van der Waals surface area contributed by atoms with Crippen molar-refractivity contribution in [2.24, 2.45) is 10.9 Å². The van der Waals surface area contributed by atoms with Gasteiger partial charge in [0.05, 0.1) is 23.1 Å². The molecule has 2 aromatic rings. The van der Waals surface area contributed by atoms with Crippen LogP contribution < -0.4 is 11.5 Å². The van der Waals surface area contributed by atoms with E-state index in [-0.39, 0.29) is 29.2 Å². The summed E-state index contributed by atoms with van der Waals surface area (Å²) in [6.07, 6.45) is -3.22. The van der Waals surface area contributed by atoms with E-state index in [2.05, 4.69) is 26.2 Å². The van der Waals surface area contributed by atoms with Crippen LogP contribution in [0.5, 0.6) is 0 Å². The molecule has 1 aliphatic rings. The molecule has 11 heteroatoms. The van der Waals surface area contributed by atoms with Crippen molar-refractivity contribution in [1.82, 2.24) is 9.78 Å². The summed E-state index contributed by atoms with van der Waals surface area (Å²) < 4.78 is 40.5. The fourth-order valence-corrected chi connectivity index (χ4v) is 3.71. The molecule has 0 radical (unpaired) electrons. The smallest absolute Gasteiger partial charge is 0.398 e. The summed E-state index contributed by atoms with van der Waals surface area (Å²) in [5.74, 6) is -0.761. The number of amidine groups is 1. The van der Waals surface area contributed by atoms with Crippen LogP contribution in [0.4, 0.5) is 18.9 Å². The fraction of sp³-hybridized carbons (Fsp3) is 0.389. The van der Waals surface area contributed by atoms with Gasteiger partial charge in [0.25, 0.3) is 0 Å². The molecule has 156 valence electrons. The normalized spacial score (nSPS) is 14.9. The van der Waals surface area contributed by atoms with Crippen molar-refractivity contribution in [3.05, 3.63) is 45.2 Å². The molecule has 1 aromatic heterocycles. The molecular weight excluding hydrogens is 455 g/mol. The van der Waals surface area contributed by atoms with Gasteiger partial charge in [0.2, 0.25) is 0 Å². The Hall–Kier alpha value is -2.56. The molecule has 0 spiro atoms. The average Bonchev–Trinajstić information content (AvgIpc) is 3.42. The molecule has 0 saturated heterocycles. The number of hydrogen-bond acceptors (Lipinski definition) is 5. The van der Waals surface area contributed by atoms with E-state index in [9.17, 15) is 18.0 Å². The van der Waals surface area contributed by atoms with Gasteiger partial charge in [-0.15, -0.1) is 0 Å². The Morgan fingerprint density at radius 1 is 1.41 bits per heavy atom. The van der Waals surface area contributed by atoms with E-state index in [1.807, 2.05) is 0 Å². The number of rotatable bonds is 6. The third-order valence-corrected chi connectivity index (χ3v) is 5.37. The second kappa shape index (κ2) is 8.05. The monoisotopic (exact) mass is 473 g/mol. The molecule has 1 fully saturated rings. The third-order valence-electron chi connectivity index (χ3n) is 4.59. The van der Waals surface area contributed by atoms with Crippen molar-refractivity contribution in [3.8, 4) is 0 Å². The highest BCUT2D eigenvalue weighted by Gasteiger charge is 2.41. The first kappa shape index (κ1) is 21.2. The van der Waals surface area contributed by atoms with Gasteiger partial charge in [0, 0.05) is 17.2 Å². The second-order valence-electron chi connectivity index (χ2n) is 6.75. The summed E-state index contributed by atoms with van der Waals surface area (Å²) in [5.41, 5.74) is 12.8. The largest absolute Gasteiger partial charge is 0.436 e. The van der Waals surface area contributed by atoms with Gasteiger partial charge >= 0.3 is 12.1 Å². The van der Waals surface area contributed by atoms with Crippen molar-refractivity contribution >= 4 is 33.4 Å². The van der Waals surface area contributed by atoms with Crippen LogP contribution in [-0.2, 0) is 22.4 Å². The van der Waals surface area contributed by atoms with Crippen molar-refractivity contribution < 1.29 is 22.8 Å². The lowest BCUT2D eigenvalue weighted by Crippen LogP contribution is -2.18. The van der Waals surface area contributed by atoms with Gasteiger partial charge < -0.3 is 16.3 Å². The first-order valence-corrected chi connectivity index (χ1v) is 9.61. The summed E-state index contributed by atoms with van der Waals surface area (Å²) in [6, 6.07) is 5.07. The Bertz CT molecular complexity index is 967. The molecule has 29 heavy (non-hydrogen) atoms. The van der Waals surface area contributed by atoms with Crippen molar-refractivity contribution in [2.75, 3.05) is 5.73 Å². The number of aromatic nitrogens is 2. The topological polar surface area (TPSA) is 109 Å². The predicted octanol–water partition coefficient (Wildman–Crippen LogP) is 3.69. The van der Waals surface area contributed by atoms with E-state index < -0.39 is 17.8 Å². The van der Waals surface area contributed by atoms with Crippen molar-refractivity contribution in [2.45, 2.75) is 44.8 Å². The SMILES string of the molecule is Cc1c(N)cccc1/C(N)=N/OC(=O)CCn1nc(C(F)(F)F)c(Br)c1C1CC1. The molecule has 0 unspecified atom stereocenters. The zero-order chi connectivity index (χ0) is 21.3. The Morgan fingerprint density at radius 3 is 2.72 bits per heavy atom. The molecule has 0 amide bonds. The lowest BCUT2D eigenvalue weighted by molar-refractivity contribution is -0.144. The molecule has 7 nitrogen and oxygen atoms in total. The summed E-state index contributed by atoms with van der Waals surface area (Å²) in [4.78, 5) is 16.8. The number of carbonyl (C=O) groups is 1. The van der Waals surface area contributed by atoms with Gasteiger partial charge in [-0.25, -0.2) is 4.79 Å². The fourth-order valence-electron chi connectivity index (χ4n) is 2.87. The lowest BCUT2D eigenvalue weighted by atomic mass is 10.1. The number of hydrogen-bond donors (Lipinski definition) is 2. The van der Waals surface area contributed by atoms with E-state index in [4.69, 9.17) is 16.3 Å². The Morgan fingerprint density at radius 2 is 2.10 bits per heavy atom. The molecule has 0 aliphatic heterocycles. The minimum absolute atomic E-state index is 0.00387. The molecule has 3 rings (SSSR count). The zero-order valence-corrected chi connectivity index (χ0v) is 17.0. The summed E-state index contributed by atoms with van der Waals surface area (Å²) in [6.45, 7) is 1.69. The second-order valence-corrected chi connectivity index (χ2v) is 7.55. The molecule has 0 bridgehead atoms. The van der Waals surface area contributed by atoms with E-state index in [0.29, 0.717) is 22.5 Å². The van der Waals surface area contributed by atoms with E-state index in [1.165, 1.54) is 4.68 Å². The number of aryl methyl sites for hydroxylation is 1. The first-order valence-electron chi connectivity index (χ1n) is 8.81. The average molecular weight is 474 g/mol. The van der Waals surface area contributed by atoms with E-state index in [1.54, 1.807) is 25.1 Å². The highest BCUT2D eigenvalue weighted by atomic mass is 79.9.